The molecule has 0 amide bonds. The van der Waals surface area contributed by atoms with E-state index in [1.807, 2.05) is 12.1 Å². The lowest BCUT2D eigenvalue weighted by atomic mass is 10.0. The molecule has 0 aromatic heterocycles. The molecule has 3 N–H and O–H groups in total. The average Bonchev–Trinajstić information content (AvgIpc) is 2.36. The van der Waals surface area contributed by atoms with Crippen LogP contribution in [0.2, 0.25) is 5.02 Å². The van der Waals surface area contributed by atoms with Crippen LogP contribution in [-0.4, -0.2) is 0 Å². The maximum Gasteiger partial charge on any atom is 0.0742 e. The van der Waals surface area contributed by atoms with Crippen LogP contribution in [0.3, 0.4) is 0 Å². The first kappa shape index (κ1) is 12.8. The van der Waals surface area contributed by atoms with Crippen molar-refractivity contribution in [3.05, 3.63) is 53.1 Å². The first-order valence-corrected chi connectivity index (χ1v) is 6.36. The second kappa shape index (κ2) is 5.32. The smallest absolute Gasteiger partial charge is 0.0742 e. The molecule has 2 aromatic rings. The van der Waals surface area contributed by atoms with Crippen LogP contribution in [0.25, 0.3) is 0 Å². The summed E-state index contributed by atoms with van der Waals surface area (Å²) in [6, 6.07) is 13.9. The molecular formula is C15H17ClN2. The van der Waals surface area contributed by atoms with Crippen LogP contribution in [0, 0.1) is 0 Å². The Morgan fingerprint density at radius 2 is 1.72 bits per heavy atom. The van der Waals surface area contributed by atoms with E-state index in [2.05, 4.69) is 43.4 Å². The van der Waals surface area contributed by atoms with E-state index in [1.165, 1.54) is 5.56 Å². The molecule has 18 heavy (non-hydrogen) atoms. The number of para-hydroxylation sites is 1. The van der Waals surface area contributed by atoms with Gasteiger partial charge in [0, 0.05) is 5.69 Å². The second-order valence-corrected chi connectivity index (χ2v) is 5.01. The Morgan fingerprint density at radius 1 is 1.06 bits per heavy atom. The van der Waals surface area contributed by atoms with E-state index in [-0.39, 0.29) is 0 Å². The number of nitrogens with one attached hydrogen (secondary N) is 1. The van der Waals surface area contributed by atoms with Crippen LogP contribution in [0.5, 0.6) is 0 Å². The number of anilines is 3. The summed E-state index contributed by atoms with van der Waals surface area (Å²) in [5, 5.41) is 3.84. The highest BCUT2D eigenvalue weighted by molar-refractivity contribution is 6.33. The van der Waals surface area contributed by atoms with Gasteiger partial charge in [-0.15, -0.1) is 0 Å². The lowest BCUT2D eigenvalue weighted by Gasteiger charge is -2.11. The number of benzene rings is 2. The van der Waals surface area contributed by atoms with Gasteiger partial charge in [0.1, 0.15) is 0 Å². The number of halogens is 1. The van der Waals surface area contributed by atoms with Crippen LogP contribution < -0.4 is 11.1 Å². The quantitative estimate of drug-likeness (QED) is 0.779. The number of rotatable bonds is 3. The summed E-state index contributed by atoms with van der Waals surface area (Å²) >= 11 is 5.98. The molecule has 0 saturated heterocycles. The molecular weight excluding hydrogens is 244 g/mol. The number of nitrogen functional groups attached to an aromatic ring is 1. The maximum absolute atomic E-state index is 5.98. The van der Waals surface area contributed by atoms with E-state index in [4.69, 9.17) is 17.3 Å². The summed E-state index contributed by atoms with van der Waals surface area (Å²) in [6.45, 7) is 4.36. The van der Waals surface area contributed by atoms with E-state index >= 15 is 0 Å². The Labute approximate surface area is 113 Å². The van der Waals surface area contributed by atoms with E-state index in [9.17, 15) is 0 Å². The Morgan fingerprint density at radius 3 is 2.33 bits per heavy atom. The molecule has 0 radical (unpaired) electrons. The lowest BCUT2D eigenvalue weighted by Crippen LogP contribution is -1.97. The van der Waals surface area contributed by atoms with Gasteiger partial charge in [0.15, 0.2) is 0 Å². The van der Waals surface area contributed by atoms with Gasteiger partial charge < -0.3 is 11.1 Å². The fourth-order valence-corrected chi connectivity index (χ4v) is 1.93. The topological polar surface area (TPSA) is 38.0 Å². The first-order valence-electron chi connectivity index (χ1n) is 5.99. The molecule has 0 saturated carbocycles. The van der Waals surface area contributed by atoms with Gasteiger partial charge in [0.25, 0.3) is 0 Å². The van der Waals surface area contributed by atoms with Gasteiger partial charge in [-0.2, -0.15) is 0 Å². The highest BCUT2D eigenvalue weighted by Gasteiger charge is 2.04. The fraction of sp³-hybridized carbons (Fsp3) is 0.200. The van der Waals surface area contributed by atoms with Crippen molar-refractivity contribution in [3.63, 3.8) is 0 Å². The zero-order valence-corrected chi connectivity index (χ0v) is 11.3. The molecule has 3 heteroatoms. The maximum atomic E-state index is 5.98. The number of hydrogen-bond donors (Lipinski definition) is 2. The highest BCUT2D eigenvalue weighted by Crippen LogP contribution is 2.29. The van der Waals surface area contributed by atoms with Gasteiger partial charge in [-0.3, -0.25) is 0 Å². The molecule has 0 aliphatic heterocycles. The molecule has 2 nitrogen and oxygen atoms in total. The zero-order valence-electron chi connectivity index (χ0n) is 10.6. The molecule has 0 spiro atoms. The SMILES string of the molecule is CC(C)c1ccc(Nc2cccc(Cl)c2N)cc1. The Hall–Kier alpha value is -1.67. The molecule has 0 heterocycles. The predicted molar refractivity (Wildman–Crippen MR) is 79.7 cm³/mol. The van der Waals surface area contributed by atoms with Crippen LogP contribution in [-0.2, 0) is 0 Å². The van der Waals surface area contributed by atoms with Crippen molar-refractivity contribution in [2.45, 2.75) is 19.8 Å². The Bertz CT molecular complexity index is 533. The van der Waals surface area contributed by atoms with Gasteiger partial charge >= 0.3 is 0 Å². The monoisotopic (exact) mass is 260 g/mol. The van der Waals surface area contributed by atoms with Crippen molar-refractivity contribution in [1.29, 1.82) is 0 Å². The van der Waals surface area contributed by atoms with E-state index in [0.717, 1.165) is 11.4 Å². The summed E-state index contributed by atoms with van der Waals surface area (Å²) in [4.78, 5) is 0. The summed E-state index contributed by atoms with van der Waals surface area (Å²) in [5.41, 5.74) is 9.65. The van der Waals surface area contributed by atoms with Gasteiger partial charge in [-0.05, 0) is 35.7 Å². The van der Waals surface area contributed by atoms with Crippen LogP contribution in [0.15, 0.2) is 42.5 Å². The minimum atomic E-state index is 0.537. The average molecular weight is 261 g/mol. The molecule has 0 bridgehead atoms. The molecule has 0 unspecified atom stereocenters. The lowest BCUT2D eigenvalue weighted by molar-refractivity contribution is 0.867. The van der Waals surface area contributed by atoms with Crippen LogP contribution in [0.1, 0.15) is 25.3 Å². The second-order valence-electron chi connectivity index (χ2n) is 4.60. The molecule has 0 aliphatic carbocycles. The fourth-order valence-electron chi connectivity index (χ4n) is 1.75. The Balaban J connectivity index is 2.21. The molecule has 2 rings (SSSR count). The van der Waals surface area contributed by atoms with Crippen molar-refractivity contribution in [1.82, 2.24) is 0 Å². The van der Waals surface area contributed by atoms with E-state index < -0.39 is 0 Å². The molecule has 0 aliphatic rings. The molecule has 0 atom stereocenters. The third kappa shape index (κ3) is 2.77. The predicted octanol–water partition coefficient (Wildman–Crippen LogP) is 4.79. The van der Waals surface area contributed by atoms with Gasteiger partial charge in [0.2, 0.25) is 0 Å². The van der Waals surface area contributed by atoms with Gasteiger partial charge in [-0.25, -0.2) is 0 Å². The standard InChI is InChI=1S/C15H17ClN2/c1-10(2)11-6-8-12(9-7-11)18-14-5-3-4-13(16)15(14)17/h3-10,18H,17H2,1-2H3. The van der Waals surface area contributed by atoms with Crippen molar-refractivity contribution >= 4 is 28.7 Å². The highest BCUT2D eigenvalue weighted by atomic mass is 35.5. The zero-order chi connectivity index (χ0) is 13.1. The third-order valence-corrected chi connectivity index (χ3v) is 3.24. The van der Waals surface area contributed by atoms with Gasteiger partial charge in [0.05, 0.1) is 16.4 Å². The minimum absolute atomic E-state index is 0.537. The van der Waals surface area contributed by atoms with Crippen molar-refractivity contribution in [2.24, 2.45) is 0 Å². The van der Waals surface area contributed by atoms with Crippen LogP contribution >= 0.6 is 11.6 Å². The summed E-state index contributed by atoms with van der Waals surface area (Å²) in [5.74, 6) is 0.537. The first-order chi connectivity index (χ1) is 8.58. The van der Waals surface area contributed by atoms with Gasteiger partial charge in [-0.1, -0.05) is 43.6 Å². The Kier molecular flexibility index (Phi) is 3.78. The van der Waals surface area contributed by atoms with Crippen molar-refractivity contribution < 1.29 is 0 Å². The van der Waals surface area contributed by atoms with Crippen molar-refractivity contribution in [3.8, 4) is 0 Å². The normalized spacial score (nSPS) is 10.7. The molecule has 94 valence electrons. The molecule has 0 fully saturated rings. The summed E-state index contributed by atoms with van der Waals surface area (Å²) in [7, 11) is 0. The number of hydrogen-bond acceptors (Lipinski definition) is 2. The third-order valence-electron chi connectivity index (χ3n) is 2.91. The molecule has 2 aromatic carbocycles. The van der Waals surface area contributed by atoms with E-state index in [1.54, 1.807) is 6.07 Å². The van der Waals surface area contributed by atoms with Crippen LogP contribution in [0.4, 0.5) is 17.1 Å². The number of nitrogens with two attached hydrogens (primary N) is 1. The summed E-state index contributed by atoms with van der Waals surface area (Å²) < 4.78 is 0. The minimum Gasteiger partial charge on any atom is -0.396 e. The van der Waals surface area contributed by atoms with E-state index in [0.29, 0.717) is 16.6 Å². The summed E-state index contributed by atoms with van der Waals surface area (Å²) in [6.07, 6.45) is 0. The largest absolute Gasteiger partial charge is 0.396 e. The van der Waals surface area contributed by atoms with Crippen molar-refractivity contribution in [2.75, 3.05) is 11.1 Å².